The lowest BCUT2D eigenvalue weighted by Gasteiger charge is -2.09. The maximum Gasteiger partial charge on any atom is 0.229 e. The number of hydrogen-bond acceptors (Lipinski definition) is 5. The molecule has 106 valence electrons. The first kappa shape index (κ1) is 13.3. The highest BCUT2D eigenvalue weighted by Gasteiger charge is 2.07. The minimum absolute atomic E-state index is 0.309. The number of H-pyrrole nitrogens is 1. The van der Waals surface area contributed by atoms with E-state index in [1.807, 2.05) is 0 Å². The Hall–Kier alpha value is -2.67. The van der Waals surface area contributed by atoms with E-state index in [1.54, 1.807) is 24.5 Å². The fourth-order valence-electron chi connectivity index (χ4n) is 1.63. The van der Waals surface area contributed by atoms with E-state index in [1.165, 1.54) is 18.3 Å². The van der Waals surface area contributed by atoms with Gasteiger partial charge in [-0.3, -0.25) is 5.10 Å². The summed E-state index contributed by atoms with van der Waals surface area (Å²) in [5.74, 6) is 0.478. The molecule has 0 atom stereocenters. The average molecular weight is 305 g/mol. The molecule has 2 heterocycles. The first-order valence-electron chi connectivity index (χ1n) is 6.01. The molecule has 1 aromatic carbocycles. The van der Waals surface area contributed by atoms with Gasteiger partial charge in [0.2, 0.25) is 5.95 Å². The second-order valence-corrected chi connectivity index (χ2v) is 4.54. The predicted molar refractivity (Wildman–Crippen MR) is 78.6 cm³/mol. The molecule has 6 nitrogen and oxygen atoms in total. The van der Waals surface area contributed by atoms with Crippen molar-refractivity contribution in [2.75, 3.05) is 10.6 Å². The molecule has 2 aromatic heterocycles. The van der Waals surface area contributed by atoms with Gasteiger partial charge in [0.15, 0.2) is 5.82 Å². The van der Waals surface area contributed by atoms with E-state index in [9.17, 15) is 4.39 Å². The predicted octanol–water partition coefficient (Wildman–Crippen LogP) is 3.48. The molecule has 0 bridgehead atoms. The number of aromatic nitrogens is 4. The second-order valence-electron chi connectivity index (χ2n) is 4.13. The van der Waals surface area contributed by atoms with E-state index in [4.69, 9.17) is 11.6 Å². The van der Waals surface area contributed by atoms with Gasteiger partial charge in [-0.15, -0.1) is 0 Å². The van der Waals surface area contributed by atoms with Crippen LogP contribution in [0.4, 0.5) is 27.5 Å². The van der Waals surface area contributed by atoms with Crippen molar-refractivity contribution < 1.29 is 4.39 Å². The minimum Gasteiger partial charge on any atom is -0.339 e. The van der Waals surface area contributed by atoms with Crippen LogP contribution in [0.1, 0.15) is 0 Å². The number of halogens is 2. The van der Waals surface area contributed by atoms with Crippen LogP contribution in [0.2, 0.25) is 5.02 Å². The number of aromatic amines is 1. The summed E-state index contributed by atoms with van der Waals surface area (Å²) in [6, 6.07) is 5.89. The van der Waals surface area contributed by atoms with Crippen LogP contribution in [0.5, 0.6) is 0 Å². The van der Waals surface area contributed by atoms with Crippen LogP contribution in [0.25, 0.3) is 0 Å². The third kappa shape index (κ3) is 3.26. The lowest BCUT2D eigenvalue weighted by Crippen LogP contribution is -2.01. The van der Waals surface area contributed by atoms with E-state index < -0.39 is 0 Å². The molecule has 8 heteroatoms. The molecule has 0 unspecified atom stereocenters. The van der Waals surface area contributed by atoms with Crippen molar-refractivity contribution in [2.24, 2.45) is 0 Å². The van der Waals surface area contributed by atoms with E-state index in [2.05, 4.69) is 30.8 Å². The van der Waals surface area contributed by atoms with Crippen LogP contribution in [0, 0.1) is 5.82 Å². The van der Waals surface area contributed by atoms with Crippen molar-refractivity contribution >= 4 is 34.7 Å². The number of hydrogen-bond donors (Lipinski definition) is 3. The summed E-state index contributed by atoms with van der Waals surface area (Å²) >= 11 is 6.05. The molecule has 0 fully saturated rings. The van der Waals surface area contributed by atoms with Crippen molar-refractivity contribution in [1.29, 1.82) is 0 Å². The van der Waals surface area contributed by atoms with Crippen LogP contribution in [0.3, 0.4) is 0 Å². The molecule has 0 aliphatic rings. The number of nitrogens with zero attached hydrogens (tertiary/aromatic N) is 3. The second kappa shape index (κ2) is 5.76. The summed E-state index contributed by atoms with van der Waals surface area (Å²) in [6.07, 6.45) is 4.75. The fraction of sp³-hybridized carbons (Fsp3) is 0. The van der Waals surface area contributed by atoms with Crippen LogP contribution in [-0.4, -0.2) is 20.2 Å². The van der Waals surface area contributed by atoms with Gasteiger partial charge in [-0.1, -0.05) is 11.6 Å². The molecule has 0 aliphatic heterocycles. The van der Waals surface area contributed by atoms with E-state index >= 15 is 0 Å². The Bertz CT molecular complexity index is 729. The Kier molecular flexibility index (Phi) is 3.65. The van der Waals surface area contributed by atoms with Crippen molar-refractivity contribution in [2.45, 2.75) is 0 Å². The molecule has 3 aromatic rings. The Balaban J connectivity index is 1.82. The topological polar surface area (TPSA) is 78.5 Å². The monoisotopic (exact) mass is 304 g/mol. The van der Waals surface area contributed by atoms with Crippen LogP contribution < -0.4 is 10.6 Å². The first-order chi connectivity index (χ1) is 10.2. The molecule has 0 saturated heterocycles. The summed E-state index contributed by atoms with van der Waals surface area (Å²) in [7, 11) is 0. The highest BCUT2D eigenvalue weighted by Crippen LogP contribution is 2.24. The molecule has 0 aliphatic carbocycles. The lowest BCUT2D eigenvalue weighted by molar-refractivity contribution is 0.628. The summed E-state index contributed by atoms with van der Waals surface area (Å²) < 4.78 is 12.9. The largest absolute Gasteiger partial charge is 0.339 e. The maximum absolute atomic E-state index is 12.9. The molecule has 0 spiro atoms. The number of nitrogens with one attached hydrogen (secondary N) is 3. The smallest absolute Gasteiger partial charge is 0.229 e. The third-order valence-electron chi connectivity index (χ3n) is 2.61. The first-order valence-corrected chi connectivity index (χ1v) is 6.39. The Morgan fingerprint density at radius 1 is 1.05 bits per heavy atom. The Morgan fingerprint density at radius 2 is 1.86 bits per heavy atom. The Morgan fingerprint density at radius 3 is 2.57 bits per heavy atom. The zero-order valence-corrected chi connectivity index (χ0v) is 11.4. The summed E-state index contributed by atoms with van der Waals surface area (Å²) in [5.41, 5.74) is 1.40. The molecular formula is C13H10ClFN6. The summed E-state index contributed by atoms with van der Waals surface area (Å²) in [6.45, 7) is 0. The molecule has 3 N–H and O–H groups in total. The fourth-order valence-corrected chi connectivity index (χ4v) is 1.77. The van der Waals surface area contributed by atoms with Gasteiger partial charge in [-0.25, -0.2) is 9.37 Å². The standard InChI is InChI=1S/C13H10ClFN6/c14-11-7-16-13(20-10-5-17-18-6-10)21-12(11)19-9-3-1-8(15)2-4-9/h1-7H,(H,17,18)(H2,16,19,20,21). The number of rotatable bonds is 4. The van der Waals surface area contributed by atoms with E-state index in [0.29, 0.717) is 22.5 Å². The quantitative estimate of drug-likeness (QED) is 0.688. The summed E-state index contributed by atoms with van der Waals surface area (Å²) in [4.78, 5) is 8.34. The highest BCUT2D eigenvalue weighted by molar-refractivity contribution is 6.32. The molecular weight excluding hydrogens is 295 g/mol. The Labute approximate surface area is 124 Å². The zero-order valence-electron chi connectivity index (χ0n) is 10.6. The van der Waals surface area contributed by atoms with Gasteiger partial charge < -0.3 is 10.6 Å². The van der Waals surface area contributed by atoms with Gasteiger partial charge in [0, 0.05) is 11.9 Å². The van der Waals surface area contributed by atoms with Crippen molar-refractivity contribution in [1.82, 2.24) is 20.2 Å². The van der Waals surface area contributed by atoms with Gasteiger partial charge in [0.1, 0.15) is 10.8 Å². The number of anilines is 4. The summed E-state index contributed by atoms with van der Waals surface area (Å²) in [5, 5.41) is 12.8. The van der Waals surface area contributed by atoms with E-state index in [0.717, 1.165) is 5.69 Å². The van der Waals surface area contributed by atoms with Gasteiger partial charge in [0.05, 0.1) is 18.1 Å². The van der Waals surface area contributed by atoms with Gasteiger partial charge >= 0.3 is 0 Å². The van der Waals surface area contributed by atoms with Crippen molar-refractivity contribution in [3.05, 3.63) is 53.7 Å². The van der Waals surface area contributed by atoms with Gasteiger partial charge in [0.25, 0.3) is 0 Å². The van der Waals surface area contributed by atoms with Gasteiger partial charge in [-0.2, -0.15) is 10.1 Å². The van der Waals surface area contributed by atoms with Crippen LogP contribution >= 0.6 is 11.6 Å². The maximum atomic E-state index is 12.9. The molecule has 0 radical (unpaired) electrons. The highest BCUT2D eigenvalue weighted by atomic mass is 35.5. The van der Waals surface area contributed by atoms with E-state index in [-0.39, 0.29) is 5.82 Å². The SMILES string of the molecule is Fc1ccc(Nc2nc(Nc3cn[nH]c3)ncc2Cl)cc1. The molecule has 0 amide bonds. The molecule has 3 rings (SSSR count). The van der Waals surface area contributed by atoms with Gasteiger partial charge in [-0.05, 0) is 24.3 Å². The number of benzene rings is 1. The van der Waals surface area contributed by atoms with Crippen molar-refractivity contribution in [3.63, 3.8) is 0 Å². The van der Waals surface area contributed by atoms with Crippen molar-refractivity contribution in [3.8, 4) is 0 Å². The lowest BCUT2D eigenvalue weighted by atomic mass is 10.3. The normalized spacial score (nSPS) is 10.4. The molecule has 0 saturated carbocycles. The molecule has 21 heavy (non-hydrogen) atoms. The zero-order chi connectivity index (χ0) is 14.7. The van der Waals surface area contributed by atoms with Crippen LogP contribution in [-0.2, 0) is 0 Å². The van der Waals surface area contributed by atoms with Crippen LogP contribution in [0.15, 0.2) is 42.9 Å². The minimum atomic E-state index is -0.309. The average Bonchev–Trinajstić information content (AvgIpc) is 2.98. The third-order valence-corrected chi connectivity index (χ3v) is 2.88.